The van der Waals surface area contributed by atoms with E-state index >= 15 is 0 Å². The van der Waals surface area contributed by atoms with Crippen LogP contribution in [0.15, 0.2) is 18.2 Å². The van der Waals surface area contributed by atoms with E-state index in [1.165, 1.54) is 0 Å². The molecule has 20 heavy (non-hydrogen) atoms. The van der Waals surface area contributed by atoms with Gasteiger partial charge in [-0.25, -0.2) is 0 Å². The number of methoxy groups -OCH3 is 1. The lowest BCUT2D eigenvalue weighted by Gasteiger charge is -2.29. The molecule has 1 amide bonds. The smallest absolute Gasteiger partial charge is 0.238 e. The molecule has 0 aromatic heterocycles. The number of carbonyl (C=O) groups excluding carboxylic acids is 1. The second-order valence-corrected chi connectivity index (χ2v) is 6.46. The topological polar surface area (TPSA) is 67.6 Å². The van der Waals surface area contributed by atoms with Crippen LogP contribution < -0.4 is 15.8 Å². The summed E-state index contributed by atoms with van der Waals surface area (Å²) in [6.45, 7) is 4.52. The first-order valence-corrected chi connectivity index (χ1v) is 7.70. The summed E-state index contributed by atoms with van der Waals surface area (Å²) in [6.07, 6.45) is 0. The van der Waals surface area contributed by atoms with Gasteiger partial charge < -0.3 is 15.8 Å². The van der Waals surface area contributed by atoms with Gasteiger partial charge in [0.25, 0.3) is 0 Å². The molecule has 0 aliphatic carbocycles. The van der Waals surface area contributed by atoms with Crippen LogP contribution in [0, 0.1) is 0 Å². The monoisotopic (exact) mass is 295 g/mol. The zero-order chi connectivity index (χ0) is 14.5. The molecule has 1 aromatic carbocycles. The van der Waals surface area contributed by atoms with E-state index in [0.29, 0.717) is 28.9 Å². The van der Waals surface area contributed by atoms with Crippen molar-refractivity contribution in [2.24, 2.45) is 0 Å². The number of anilines is 2. The minimum absolute atomic E-state index is 0.0269. The van der Waals surface area contributed by atoms with E-state index in [1.54, 1.807) is 25.3 Å². The third kappa shape index (κ3) is 4.05. The first-order chi connectivity index (χ1) is 9.58. The fraction of sp³-hybridized carbons (Fsp3) is 0.500. The number of nitrogens with one attached hydrogen (secondary N) is 1. The number of amides is 1. The molecule has 0 bridgehead atoms. The molecule has 6 heteroatoms. The van der Waals surface area contributed by atoms with Crippen LogP contribution in [-0.2, 0) is 4.79 Å². The minimum Gasteiger partial charge on any atom is -0.497 e. The van der Waals surface area contributed by atoms with E-state index in [2.05, 4.69) is 17.1 Å². The number of nitrogens with two attached hydrogens (primary N) is 1. The fourth-order valence-corrected chi connectivity index (χ4v) is 3.29. The molecule has 1 saturated heterocycles. The van der Waals surface area contributed by atoms with E-state index in [-0.39, 0.29) is 5.91 Å². The summed E-state index contributed by atoms with van der Waals surface area (Å²) in [5.74, 6) is 1.74. The molecule has 0 saturated carbocycles. The second-order valence-electron chi connectivity index (χ2n) is 4.92. The summed E-state index contributed by atoms with van der Waals surface area (Å²) < 4.78 is 5.09. The zero-order valence-electron chi connectivity index (χ0n) is 11.9. The number of ether oxygens (including phenoxy) is 1. The summed E-state index contributed by atoms with van der Waals surface area (Å²) in [5, 5.41) is 3.44. The Balaban J connectivity index is 1.91. The van der Waals surface area contributed by atoms with Gasteiger partial charge in [-0.05, 0) is 12.1 Å². The third-order valence-electron chi connectivity index (χ3n) is 3.23. The summed E-state index contributed by atoms with van der Waals surface area (Å²) in [7, 11) is 1.59. The van der Waals surface area contributed by atoms with Gasteiger partial charge in [0, 0.05) is 30.2 Å². The number of carbonyl (C=O) groups is 1. The summed E-state index contributed by atoms with van der Waals surface area (Å²) in [4.78, 5) is 14.2. The molecule has 1 heterocycles. The highest BCUT2D eigenvalue weighted by Crippen LogP contribution is 2.24. The highest BCUT2D eigenvalue weighted by Gasteiger charge is 2.19. The molecular formula is C14H21N3O2S. The number of hydrogen-bond donors (Lipinski definition) is 2. The van der Waals surface area contributed by atoms with Crippen molar-refractivity contribution >= 4 is 29.0 Å². The first-order valence-electron chi connectivity index (χ1n) is 6.66. The van der Waals surface area contributed by atoms with E-state index in [0.717, 1.165) is 18.8 Å². The third-order valence-corrected chi connectivity index (χ3v) is 4.36. The van der Waals surface area contributed by atoms with Crippen LogP contribution in [0.1, 0.15) is 6.92 Å². The molecule has 5 nitrogen and oxygen atoms in total. The van der Waals surface area contributed by atoms with Gasteiger partial charge in [0.15, 0.2) is 0 Å². The van der Waals surface area contributed by atoms with Crippen molar-refractivity contribution in [3.05, 3.63) is 18.2 Å². The molecule has 2 rings (SSSR count). The average molecular weight is 295 g/mol. The molecule has 1 fully saturated rings. The van der Waals surface area contributed by atoms with Crippen LogP contribution in [0.5, 0.6) is 5.75 Å². The standard InChI is InChI=1S/C14H21N3O2S/c1-10-8-17(5-6-20-10)9-14(18)16-13-4-3-11(19-2)7-12(13)15/h3-4,7,10H,5-6,8-9,15H2,1-2H3,(H,16,18). The van der Waals surface area contributed by atoms with E-state index in [1.807, 2.05) is 11.8 Å². The molecule has 1 aromatic rings. The van der Waals surface area contributed by atoms with Gasteiger partial charge in [-0.2, -0.15) is 11.8 Å². The van der Waals surface area contributed by atoms with E-state index in [9.17, 15) is 4.79 Å². The van der Waals surface area contributed by atoms with E-state index < -0.39 is 0 Å². The Labute approximate surface area is 123 Å². The lowest BCUT2D eigenvalue weighted by molar-refractivity contribution is -0.117. The fourth-order valence-electron chi connectivity index (χ4n) is 2.21. The largest absolute Gasteiger partial charge is 0.497 e. The van der Waals surface area contributed by atoms with Crippen molar-refractivity contribution in [1.82, 2.24) is 4.90 Å². The highest BCUT2D eigenvalue weighted by atomic mass is 32.2. The Morgan fingerprint density at radius 2 is 2.40 bits per heavy atom. The van der Waals surface area contributed by atoms with Gasteiger partial charge in [-0.1, -0.05) is 6.92 Å². The first kappa shape index (κ1) is 15.0. The van der Waals surface area contributed by atoms with Crippen molar-refractivity contribution in [1.29, 1.82) is 0 Å². The number of nitrogen functional groups attached to an aromatic ring is 1. The van der Waals surface area contributed by atoms with Crippen LogP contribution in [-0.4, -0.2) is 48.6 Å². The Morgan fingerprint density at radius 1 is 1.60 bits per heavy atom. The second kappa shape index (κ2) is 6.85. The quantitative estimate of drug-likeness (QED) is 0.827. The summed E-state index contributed by atoms with van der Waals surface area (Å²) >= 11 is 1.95. The maximum absolute atomic E-state index is 12.0. The molecule has 1 atom stereocenters. The van der Waals surface area contributed by atoms with Crippen molar-refractivity contribution < 1.29 is 9.53 Å². The average Bonchev–Trinajstić information content (AvgIpc) is 2.41. The Bertz CT molecular complexity index is 481. The SMILES string of the molecule is COc1ccc(NC(=O)CN2CCSC(C)C2)c(N)c1. The van der Waals surface area contributed by atoms with Gasteiger partial charge in [-0.15, -0.1) is 0 Å². The summed E-state index contributed by atoms with van der Waals surface area (Å²) in [6, 6.07) is 5.25. The Hall–Kier alpha value is -1.40. The highest BCUT2D eigenvalue weighted by molar-refractivity contribution is 7.99. The summed E-state index contributed by atoms with van der Waals surface area (Å²) in [5.41, 5.74) is 7.04. The molecule has 1 aliphatic heterocycles. The molecule has 0 spiro atoms. The van der Waals surface area contributed by atoms with Gasteiger partial charge in [0.2, 0.25) is 5.91 Å². The molecule has 1 unspecified atom stereocenters. The predicted molar refractivity (Wildman–Crippen MR) is 84.4 cm³/mol. The predicted octanol–water partition coefficient (Wildman–Crippen LogP) is 1.65. The molecular weight excluding hydrogens is 274 g/mol. The van der Waals surface area contributed by atoms with Gasteiger partial charge in [-0.3, -0.25) is 9.69 Å². The van der Waals surface area contributed by atoms with Crippen molar-refractivity contribution in [3.8, 4) is 5.75 Å². The number of hydrogen-bond acceptors (Lipinski definition) is 5. The van der Waals surface area contributed by atoms with Crippen LogP contribution in [0.4, 0.5) is 11.4 Å². The van der Waals surface area contributed by atoms with Gasteiger partial charge in [0.1, 0.15) is 5.75 Å². The van der Waals surface area contributed by atoms with Gasteiger partial charge in [0.05, 0.1) is 25.0 Å². The normalized spacial score (nSPS) is 19.6. The lowest BCUT2D eigenvalue weighted by atomic mass is 10.2. The maximum atomic E-state index is 12.0. The molecule has 3 N–H and O–H groups in total. The van der Waals surface area contributed by atoms with Crippen LogP contribution >= 0.6 is 11.8 Å². The Kier molecular flexibility index (Phi) is 5.14. The van der Waals surface area contributed by atoms with Crippen molar-refractivity contribution in [2.45, 2.75) is 12.2 Å². The van der Waals surface area contributed by atoms with Crippen LogP contribution in [0.2, 0.25) is 0 Å². The minimum atomic E-state index is -0.0269. The van der Waals surface area contributed by atoms with Crippen molar-refractivity contribution in [2.75, 3.05) is 43.5 Å². The maximum Gasteiger partial charge on any atom is 0.238 e. The zero-order valence-corrected chi connectivity index (χ0v) is 12.7. The van der Waals surface area contributed by atoms with E-state index in [4.69, 9.17) is 10.5 Å². The molecule has 1 aliphatic rings. The van der Waals surface area contributed by atoms with Gasteiger partial charge >= 0.3 is 0 Å². The van der Waals surface area contributed by atoms with Crippen LogP contribution in [0.3, 0.4) is 0 Å². The number of thioether (sulfide) groups is 1. The Morgan fingerprint density at radius 3 is 3.05 bits per heavy atom. The number of benzene rings is 1. The molecule has 110 valence electrons. The van der Waals surface area contributed by atoms with Crippen LogP contribution in [0.25, 0.3) is 0 Å². The lowest BCUT2D eigenvalue weighted by Crippen LogP contribution is -2.41. The van der Waals surface area contributed by atoms with Crippen molar-refractivity contribution in [3.63, 3.8) is 0 Å². The number of nitrogens with zero attached hydrogens (tertiary/aromatic N) is 1. The molecule has 0 radical (unpaired) electrons. The number of rotatable bonds is 4.